The molecule has 2 atom stereocenters. The molecule has 0 aliphatic heterocycles. The van der Waals surface area contributed by atoms with Gasteiger partial charge in [0.15, 0.2) is 0 Å². The van der Waals surface area contributed by atoms with E-state index in [1.54, 1.807) is 7.11 Å². The first kappa shape index (κ1) is 12.4. The molecule has 0 bridgehead atoms. The standard InChI is InChI=1S/C15H23NO/c1-11-9-12(7-8-16-2)13-5-4-6-15(17-3)14(13)10-11/h4-6,11-12,16H,7-10H2,1-3H3. The molecule has 0 amide bonds. The number of benzene rings is 1. The maximum absolute atomic E-state index is 5.50. The predicted octanol–water partition coefficient (Wildman–Crippen LogP) is 2.97. The highest BCUT2D eigenvalue weighted by Crippen LogP contribution is 2.40. The Balaban J connectivity index is 2.29. The SMILES string of the molecule is CNCCC1CC(C)Cc2c(OC)cccc21. The van der Waals surface area contributed by atoms with Crippen LogP contribution in [0.2, 0.25) is 0 Å². The van der Waals surface area contributed by atoms with Gasteiger partial charge in [0, 0.05) is 0 Å². The van der Waals surface area contributed by atoms with Crippen molar-refractivity contribution in [1.82, 2.24) is 5.32 Å². The third kappa shape index (κ3) is 2.63. The zero-order chi connectivity index (χ0) is 12.3. The third-order valence-corrected chi connectivity index (χ3v) is 3.81. The fourth-order valence-corrected chi connectivity index (χ4v) is 3.01. The highest BCUT2D eigenvalue weighted by molar-refractivity contribution is 5.44. The van der Waals surface area contributed by atoms with E-state index >= 15 is 0 Å². The van der Waals surface area contributed by atoms with Crippen molar-refractivity contribution >= 4 is 0 Å². The maximum atomic E-state index is 5.50. The summed E-state index contributed by atoms with van der Waals surface area (Å²) in [5, 5.41) is 3.26. The molecular weight excluding hydrogens is 210 g/mol. The van der Waals surface area contributed by atoms with Crippen LogP contribution in [0.15, 0.2) is 18.2 Å². The highest BCUT2D eigenvalue weighted by atomic mass is 16.5. The van der Waals surface area contributed by atoms with Crippen LogP contribution in [-0.4, -0.2) is 20.7 Å². The zero-order valence-electron chi connectivity index (χ0n) is 11.1. The van der Waals surface area contributed by atoms with Gasteiger partial charge in [0.25, 0.3) is 0 Å². The molecule has 1 aromatic carbocycles. The Kier molecular flexibility index (Phi) is 4.06. The van der Waals surface area contributed by atoms with Crippen LogP contribution < -0.4 is 10.1 Å². The summed E-state index contributed by atoms with van der Waals surface area (Å²) in [5.41, 5.74) is 2.95. The van der Waals surface area contributed by atoms with Crippen LogP contribution in [0.5, 0.6) is 5.75 Å². The molecule has 0 saturated carbocycles. The van der Waals surface area contributed by atoms with Crippen molar-refractivity contribution in [2.75, 3.05) is 20.7 Å². The van der Waals surface area contributed by atoms with Gasteiger partial charge in [-0.15, -0.1) is 0 Å². The summed E-state index contributed by atoms with van der Waals surface area (Å²) in [4.78, 5) is 0. The zero-order valence-corrected chi connectivity index (χ0v) is 11.1. The average Bonchev–Trinajstić information content (AvgIpc) is 2.35. The molecule has 0 heterocycles. The summed E-state index contributed by atoms with van der Waals surface area (Å²) >= 11 is 0. The molecule has 2 unspecified atom stereocenters. The smallest absolute Gasteiger partial charge is 0.122 e. The minimum atomic E-state index is 0.691. The lowest BCUT2D eigenvalue weighted by Gasteiger charge is -2.31. The molecule has 0 aromatic heterocycles. The topological polar surface area (TPSA) is 21.3 Å². The van der Waals surface area contributed by atoms with Gasteiger partial charge in [-0.2, -0.15) is 0 Å². The Bertz CT molecular complexity index is 375. The van der Waals surface area contributed by atoms with Crippen LogP contribution in [0, 0.1) is 5.92 Å². The molecule has 2 rings (SSSR count). The number of hydrogen-bond acceptors (Lipinski definition) is 2. The lowest BCUT2D eigenvalue weighted by molar-refractivity contribution is 0.376. The summed E-state index contributed by atoms with van der Waals surface area (Å²) in [6, 6.07) is 6.50. The van der Waals surface area contributed by atoms with Crippen LogP contribution in [0.1, 0.15) is 36.8 Å². The Morgan fingerprint density at radius 2 is 2.24 bits per heavy atom. The molecule has 1 aromatic rings. The van der Waals surface area contributed by atoms with Gasteiger partial charge in [-0.1, -0.05) is 19.1 Å². The summed E-state index contributed by atoms with van der Waals surface area (Å²) in [6.07, 6.45) is 3.69. The van der Waals surface area contributed by atoms with Gasteiger partial charge in [0.1, 0.15) is 5.75 Å². The molecule has 2 heteroatoms. The molecule has 0 radical (unpaired) electrons. The van der Waals surface area contributed by atoms with Crippen LogP contribution in [-0.2, 0) is 6.42 Å². The largest absolute Gasteiger partial charge is 0.496 e. The van der Waals surface area contributed by atoms with Crippen LogP contribution in [0.4, 0.5) is 0 Å². The average molecular weight is 233 g/mol. The Morgan fingerprint density at radius 3 is 2.94 bits per heavy atom. The van der Waals surface area contributed by atoms with E-state index in [1.165, 1.54) is 24.0 Å². The number of ether oxygens (including phenoxy) is 1. The molecule has 17 heavy (non-hydrogen) atoms. The number of fused-ring (bicyclic) bond motifs is 1. The summed E-state index contributed by atoms with van der Waals surface area (Å²) < 4.78 is 5.50. The van der Waals surface area contributed by atoms with E-state index in [-0.39, 0.29) is 0 Å². The lowest BCUT2D eigenvalue weighted by atomic mass is 9.76. The monoisotopic (exact) mass is 233 g/mol. The van der Waals surface area contributed by atoms with Gasteiger partial charge in [0.2, 0.25) is 0 Å². The summed E-state index contributed by atoms with van der Waals surface area (Å²) in [5.74, 6) is 2.53. The first-order chi connectivity index (χ1) is 8.26. The van der Waals surface area contributed by atoms with Crippen LogP contribution >= 0.6 is 0 Å². The number of methoxy groups -OCH3 is 1. The third-order valence-electron chi connectivity index (χ3n) is 3.81. The fraction of sp³-hybridized carbons (Fsp3) is 0.600. The van der Waals surface area contributed by atoms with Crippen molar-refractivity contribution in [1.29, 1.82) is 0 Å². The molecule has 0 fully saturated rings. The highest BCUT2D eigenvalue weighted by Gasteiger charge is 2.26. The second-order valence-corrected chi connectivity index (χ2v) is 5.16. The van der Waals surface area contributed by atoms with Crippen molar-refractivity contribution in [3.63, 3.8) is 0 Å². The molecular formula is C15H23NO. The molecule has 1 aliphatic rings. The predicted molar refractivity (Wildman–Crippen MR) is 71.8 cm³/mol. The van der Waals surface area contributed by atoms with Gasteiger partial charge in [0.05, 0.1) is 7.11 Å². The van der Waals surface area contributed by atoms with E-state index in [0.717, 1.165) is 24.6 Å². The Morgan fingerprint density at radius 1 is 1.41 bits per heavy atom. The van der Waals surface area contributed by atoms with Gasteiger partial charge >= 0.3 is 0 Å². The molecule has 94 valence electrons. The van der Waals surface area contributed by atoms with Gasteiger partial charge in [-0.25, -0.2) is 0 Å². The fourth-order valence-electron chi connectivity index (χ4n) is 3.01. The minimum absolute atomic E-state index is 0.691. The molecule has 0 saturated heterocycles. The molecule has 2 nitrogen and oxygen atoms in total. The summed E-state index contributed by atoms with van der Waals surface area (Å²) in [6.45, 7) is 3.44. The summed E-state index contributed by atoms with van der Waals surface area (Å²) in [7, 11) is 3.80. The van der Waals surface area contributed by atoms with E-state index in [2.05, 4.69) is 30.4 Å². The second kappa shape index (κ2) is 5.54. The first-order valence-corrected chi connectivity index (χ1v) is 6.56. The van der Waals surface area contributed by atoms with Crippen molar-refractivity contribution < 1.29 is 4.74 Å². The quantitative estimate of drug-likeness (QED) is 0.863. The van der Waals surface area contributed by atoms with Gasteiger partial charge in [-0.05, 0) is 61.9 Å². The van der Waals surface area contributed by atoms with Gasteiger partial charge in [-0.3, -0.25) is 0 Å². The number of rotatable bonds is 4. The van der Waals surface area contributed by atoms with E-state index in [0.29, 0.717) is 5.92 Å². The van der Waals surface area contributed by atoms with E-state index in [1.807, 2.05) is 7.05 Å². The molecule has 1 N–H and O–H groups in total. The van der Waals surface area contributed by atoms with Crippen molar-refractivity contribution in [3.8, 4) is 5.75 Å². The first-order valence-electron chi connectivity index (χ1n) is 6.56. The van der Waals surface area contributed by atoms with Crippen molar-refractivity contribution in [2.24, 2.45) is 5.92 Å². The Hall–Kier alpha value is -1.02. The normalized spacial score (nSPS) is 23.2. The van der Waals surface area contributed by atoms with Crippen LogP contribution in [0.25, 0.3) is 0 Å². The molecule has 1 aliphatic carbocycles. The van der Waals surface area contributed by atoms with Crippen LogP contribution in [0.3, 0.4) is 0 Å². The van der Waals surface area contributed by atoms with E-state index < -0.39 is 0 Å². The van der Waals surface area contributed by atoms with E-state index in [4.69, 9.17) is 4.74 Å². The maximum Gasteiger partial charge on any atom is 0.122 e. The number of hydrogen-bond donors (Lipinski definition) is 1. The lowest BCUT2D eigenvalue weighted by Crippen LogP contribution is -2.21. The molecule has 0 spiro atoms. The van der Waals surface area contributed by atoms with E-state index in [9.17, 15) is 0 Å². The second-order valence-electron chi connectivity index (χ2n) is 5.16. The van der Waals surface area contributed by atoms with Crippen molar-refractivity contribution in [2.45, 2.75) is 32.1 Å². The van der Waals surface area contributed by atoms with Crippen molar-refractivity contribution in [3.05, 3.63) is 29.3 Å². The minimum Gasteiger partial charge on any atom is -0.496 e. The number of nitrogens with one attached hydrogen (secondary N) is 1. The van der Waals surface area contributed by atoms with Gasteiger partial charge < -0.3 is 10.1 Å². The Labute approximate surface area is 104 Å².